The Bertz CT molecular complexity index is 901. The lowest BCUT2D eigenvalue weighted by atomic mass is 9.97. The van der Waals surface area contributed by atoms with E-state index in [9.17, 15) is 9.59 Å². The minimum atomic E-state index is -0.216. The molecular weight excluding hydrogens is 343 g/mol. The molecule has 24 heavy (non-hydrogen) atoms. The Kier molecular flexibility index (Phi) is 4.79. The highest BCUT2D eigenvalue weighted by atomic mass is 35.5. The van der Waals surface area contributed by atoms with Crippen LogP contribution in [0.25, 0.3) is 0 Å². The summed E-state index contributed by atoms with van der Waals surface area (Å²) in [5, 5.41) is 0.874. The highest BCUT2D eigenvalue weighted by molar-refractivity contribution is 6.35. The summed E-state index contributed by atoms with van der Waals surface area (Å²) in [4.78, 5) is 25.2. The van der Waals surface area contributed by atoms with Crippen LogP contribution >= 0.6 is 23.2 Å². The van der Waals surface area contributed by atoms with Crippen LogP contribution in [0.2, 0.25) is 10.0 Å². The molecular formula is C20H12Cl2O2. The quantitative estimate of drug-likeness (QED) is 0.583. The molecule has 2 nitrogen and oxygen atoms in total. The number of hydrogen-bond acceptors (Lipinski definition) is 2. The molecule has 0 fully saturated rings. The van der Waals surface area contributed by atoms with Crippen molar-refractivity contribution in [3.63, 3.8) is 0 Å². The Morgan fingerprint density at radius 3 is 1.88 bits per heavy atom. The highest BCUT2D eigenvalue weighted by Gasteiger charge is 2.16. The molecule has 0 atom stereocenters. The lowest BCUT2D eigenvalue weighted by molar-refractivity contribution is 0.103. The summed E-state index contributed by atoms with van der Waals surface area (Å²) in [5.41, 5.74) is 1.74. The monoisotopic (exact) mass is 354 g/mol. The van der Waals surface area contributed by atoms with Crippen molar-refractivity contribution in [3.05, 3.63) is 105 Å². The molecule has 118 valence electrons. The van der Waals surface area contributed by atoms with Crippen LogP contribution in [0.5, 0.6) is 0 Å². The molecule has 0 amide bonds. The fraction of sp³-hybridized carbons (Fsp3) is 0. The van der Waals surface area contributed by atoms with Gasteiger partial charge in [0.15, 0.2) is 11.6 Å². The maximum atomic E-state index is 12.6. The summed E-state index contributed by atoms with van der Waals surface area (Å²) in [6, 6.07) is 20.2. The van der Waals surface area contributed by atoms with Crippen LogP contribution in [0, 0.1) is 0 Å². The van der Waals surface area contributed by atoms with E-state index in [4.69, 9.17) is 23.2 Å². The van der Waals surface area contributed by atoms with Crippen LogP contribution in [0.1, 0.15) is 31.8 Å². The Hall–Kier alpha value is -2.42. The van der Waals surface area contributed by atoms with Gasteiger partial charge in [0.25, 0.3) is 0 Å². The molecule has 0 aliphatic carbocycles. The molecule has 0 spiro atoms. The van der Waals surface area contributed by atoms with Crippen molar-refractivity contribution in [2.24, 2.45) is 0 Å². The molecule has 4 heteroatoms. The van der Waals surface area contributed by atoms with Gasteiger partial charge in [-0.1, -0.05) is 53.5 Å². The maximum Gasteiger partial charge on any atom is 0.194 e. The molecule has 0 saturated carbocycles. The van der Waals surface area contributed by atoms with Gasteiger partial charge in [-0.25, -0.2) is 0 Å². The first kappa shape index (κ1) is 16.4. The summed E-state index contributed by atoms with van der Waals surface area (Å²) < 4.78 is 0. The zero-order valence-corrected chi connectivity index (χ0v) is 14.0. The van der Waals surface area contributed by atoms with E-state index in [1.807, 2.05) is 6.07 Å². The fourth-order valence-corrected chi connectivity index (χ4v) is 2.68. The second-order valence-corrected chi connectivity index (χ2v) is 6.07. The summed E-state index contributed by atoms with van der Waals surface area (Å²) in [6.45, 7) is 0. The van der Waals surface area contributed by atoms with E-state index in [1.165, 1.54) is 6.07 Å². The Balaban J connectivity index is 1.98. The predicted octanol–water partition coefficient (Wildman–Crippen LogP) is 5.46. The third kappa shape index (κ3) is 3.40. The largest absolute Gasteiger partial charge is 0.289 e. The molecule has 0 bridgehead atoms. The van der Waals surface area contributed by atoms with Crippen molar-refractivity contribution >= 4 is 34.8 Å². The van der Waals surface area contributed by atoms with E-state index >= 15 is 0 Å². The third-order valence-electron chi connectivity index (χ3n) is 3.62. The van der Waals surface area contributed by atoms with Gasteiger partial charge < -0.3 is 0 Å². The third-order valence-corrected chi connectivity index (χ3v) is 4.20. The van der Waals surface area contributed by atoms with Crippen LogP contribution in [0.3, 0.4) is 0 Å². The van der Waals surface area contributed by atoms with Gasteiger partial charge in [0.2, 0.25) is 0 Å². The van der Waals surface area contributed by atoms with Gasteiger partial charge in [-0.05, 0) is 42.5 Å². The molecule has 0 unspecified atom stereocenters. The highest BCUT2D eigenvalue weighted by Crippen LogP contribution is 2.23. The molecule has 3 rings (SSSR count). The van der Waals surface area contributed by atoms with E-state index in [1.54, 1.807) is 60.7 Å². The van der Waals surface area contributed by atoms with Gasteiger partial charge in [-0.3, -0.25) is 9.59 Å². The Labute approximate surface area is 149 Å². The lowest BCUT2D eigenvalue weighted by Crippen LogP contribution is -2.06. The first-order valence-corrected chi connectivity index (χ1v) is 8.01. The second-order valence-electron chi connectivity index (χ2n) is 5.23. The van der Waals surface area contributed by atoms with E-state index in [2.05, 4.69) is 0 Å². The molecule has 3 aromatic carbocycles. The van der Waals surface area contributed by atoms with Crippen LogP contribution in [-0.2, 0) is 0 Å². The lowest BCUT2D eigenvalue weighted by Gasteiger charge is -2.07. The first-order valence-electron chi connectivity index (χ1n) is 7.26. The molecule has 0 aliphatic heterocycles. The molecule has 0 N–H and O–H groups in total. The van der Waals surface area contributed by atoms with Gasteiger partial charge >= 0.3 is 0 Å². The van der Waals surface area contributed by atoms with Crippen LogP contribution in [0.15, 0.2) is 72.8 Å². The predicted molar refractivity (Wildman–Crippen MR) is 96.2 cm³/mol. The minimum Gasteiger partial charge on any atom is -0.289 e. The van der Waals surface area contributed by atoms with Gasteiger partial charge in [0.1, 0.15) is 0 Å². The fourth-order valence-electron chi connectivity index (χ4n) is 2.35. The normalized spacial score (nSPS) is 10.4. The van der Waals surface area contributed by atoms with Crippen molar-refractivity contribution in [3.8, 4) is 0 Å². The summed E-state index contributed by atoms with van der Waals surface area (Å²) >= 11 is 12.0. The Morgan fingerprint density at radius 2 is 1.21 bits per heavy atom. The van der Waals surface area contributed by atoms with Crippen molar-refractivity contribution in [1.82, 2.24) is 0 Å². The van der Waals surface area contributed by atoms with E-state index in [-0.39, 0.29) is 11.6 Å². The molecule has 0 saturated heterocycles. The van der Waals surface area contributed by atoms with Crippen LogP contribution in [0.4, 0.5) is 0 Å². The zero-order valence-electron chi connectivity index (χ0n) is 12.5. The molecule has 0 radical (unpaired) electrons. The zero-order chi connectivity index (χ0) is 17.1. The first-order chi connectivity index (χ1) is 11.6. The molecule has 0 aromatic heterocycles. The average Bonchev–Trinajstić information content (AvgIpc) is 2.62. The maximum absolute atomic E-state index is 12.6. The number of halogens is 2. The number of carbonyl (C=O) groups is 2. The minimum absolute atomic E-state index is 0.189. The van der Waals surface area contributed by atoms with E-state index < -0.39 is 0 Å². The topological polar surface area (TPSA) is 34.1 Å². The van der Waals surface area contributed by atoms with Crippen molar-refractivity contribution in [2.75, 3.05) is 0 Å². The second kappa shape index (κ2) is 7.00. The van der Waals surface area contributed by atoms with Crippen molar-refractivity contribution in [2.45, 2.75) is 0 Å². The summed E-state index contributed by atoms with van der Waals surface area (Å²) in [6.07, 6.45) is 0. The van der Waals surface area contributed by atoms with Gasteiger partial charge in [-0.15, -0.1) is 0 Å². The van der Waals surface area contributed by atoms with Gasteiger partial charge in [0.05, 0.1) is 5.02 Å². The standard InChI is InChI=1S/C20H12Cl2O2/c21-16-9-6-14(7-10-16)19(23)15-8-11-18(22)17(12-15)20(24)13-4-2-1-3-5-13/h1-12H. The number of hydrogen-bond donors (Lipinski definition) is 0. The van der Waals surface area contributed by atoms with E-state index in [0.29, 0.717) is 32.3 Å². The average molecular weight is 355 g/mol. The smallest absolute Gasteiger partial charge is 0.194 e. The van der Waals surface area contributed by atoms with E-state index in [0.717, 1.165) is 0 Å². The number of rotatable bonds is 4. The SMILES string of the molecule is O=C(c1ccc(Cl)cc1)c1ccc(Cl)c(C(=O)c2ccccc2)c1. The number of carbonyl (C=O) groups excluding carboxylic acids is 2. The Morgan fingerprint density at radius 1 is 0.625 bits per heavy atom. The van der Waals surface area contributed by atoms with Gasteiger partial charge in [0, 0.05) is 27.3 Å². The summed E-state index contributed by atoms with van der Waals surface area (Å²) in [7, 11) is 0. The molecule has 0 heterocycles. The number of ketones is 2. The van der Waals surface area contributed by atoms with Gasteiger partial charge in [-0.2, -0.15) is 0 Å². The van der Waals surface area contributed by atoms with Crippen molar-refractivity contribution < 1.29 is 9.59 Å². The van der Waals surface area contributed by atoms with Crippen LogP contribution < -0.4 is 0 Å². The molecule has 0 aliphatic rings. The number of benzene rings is 3. The van der Waals surface area contributed by atoms with Crippen LogP contribution in [-0.4, -0.2) is 11.6 Å². The molecule has 3 aromatic rings. The van der Waals surface area contributed by atoms with Crippen molar-refractivity contribution in [1.29, 1.82) is 0 Å². The summed E-state index contributed by atoms with van der Waals surface area (Å²) in [5.74, 6) is -0.406.